The highest BCUT2D eigenvalue weighted by atomic mass is 19.1. The van der Waals surface area contributed by atoms with Gasteiger partial charge in [0.25, 0.3) is 0 Å². The van der Waals surface area contributed by atoms with Crippen LogP contribution < -0.4 is 5.32 Å². The molecule has 0 aromatic heterocycles. The van der Waals surface area contributed by atoms with Gasteiger partial charge in [-0.25, -0.2) is 4.39 Å². The van der Waals surface area contributed by atoms with E-state index >= 15 is 0 Å². The van der Waals surface area contributed by atoms with Crippen LogP contribution >= 0.6 is 0 Å². The van der Waals surface area contributed by atoms with Crippen molar-refractivity contribution in [2.75, 3.05) is 13.1 Å². The maximum absolute atomic E-state index is 13.9. The third-order valence-corrected chi connectivity index (χ3v) is 4.73. The monoisotopic (exact) mass is 328 g/mol. The number of benzene rings is 2. The Kier molecular flexibility index (Phi) is 5.61. The Labute approximate surface area is 143 Å². The molecule has 0 bridgehead atoms. The number of hydrogen-bond acceptors (Lipinski definition) is 3. The smallest absolute Gasteiger partial charge is 0.127 e. The maximum atomic E-state index is 13.9. The zero-order chi connectivity index (χ0) is 16.9. The molecule has 2 atom stereocenters. The second-order valence-corrected chi connectivity index (χ2v) is 6.57. The van der Waals surface area contributed by atoms with Crippen molar-refractivity contribution in [3.8, 4) is 0 Å². The van der Waals surface area contributed by atoms with Crippen molar-refractivity contribution in [2.45, 2.75) is 38.6 Å². The number of likely N-dealkylation sites (tertiary alicyclic amines) is 1. The Morgan fingerprint density at radius 3 is 2.58 bits per heavy atom. The van der Waals surface area contributed by atoms with Gasteiger partial charge in [-0.2, -0.15) is 0 Å². The van der Waals surface area contributed by atoms with E-state index < -0.39 is 0 Å². The molecule has 3 rings (SSSR count). The van der Waals surface area contributed by atoms with Crippen LogP contribution in [-0.4, -0.2) is 29.2 Å². The first kappa shape index (κ1) is 17.1. The number of aliphatic hydroxyl groups is 1. The van der Waals surface area contributed by atoms with Crippen LogP contribution in [-0.2, 0) is 13.1 Å². The first-order valence-electron chi connectivity index (χ1n) is 8.58. The lowest BCUT2D eigenvalue weighted by atomic mass is 10.0. The van der Waals surface area contributed by atoms with Crippen molar-refractivity contribution in [1.29, 1.82) is 0 Å². The van der Waals surface area contributed by atoms with Gasteiger partial charge in [0.05, 0.1) is 6.10 Å². The summed E-state index contributed by atoms with van der Waals surface area (Å²) in [6, 6.07) is 15.2. The van der Waals surface area contributed by atoms with Crippen molar-refractivity contribution in [2.24, 2.45) is 0 Å². The summed E-state index contributed by atoms with van der Waals surface area (Å²) in [7, 11) is 0. The number of nitrogens with one attached hydrogen (secondary N) is 1. The molecule has 128 valence electrons. The molecule has 0 amide bonds. The maximum Gasteiger partial charge on any atom is 0.127 e. The lowest BCUT2D eigenvalue weighted by molar-refractivity contribution is 0.174. The molecule has 2 N–H and O–H groups in total. The second kappa shape index (κ2) is 7.88. The quantitative estimate of drug-likeness (QED) is 0.854. The Morgan fingerprint density at radius 1 is 1.17 bits per heavy atom. The molecule has 0 aliphatic carbocycles. The molecular weight excluding hydrogens is 303 g/mol. The van der Waals surface area contributed by atoms with Crippen LogP contribution in [0.3, 0.4) is 0 Å². The summed E-state index contributed by atoms with van der Waals surface area (Å²) in [5, 5.41) is 13.1. The summed E-state index contributed by atoms with van der Waals surface area (Å²) in [6.45, 7) is 5.21. The normalized spacial score (nSPS) is 19.5. The van der Waals surface area contributed by atoms with Crippen LogP contribution in [0, 0.1) is 5.82 Å². The average Bonchev–Trinajstić information content (AvgIpc) is 2.99. The number of nitrogens with zero attached hydrogens (tertiary/aromatic N) is 1. The highest BCUT2D eigenvalue weighted by Gasteiger charge is 2.20. The highest BCUT2D eigenvalue weighted by molar-refractivity contribution is 5.28. The minimum absolute atomic E-state index is 0.0483. The van der Waals surface area contributed by atoms with Crippen molar-refractivity contribution in [1.82, 2.24) is 10.2 Å². The van der Waals surface area contributed by atoms with Crippen LogP contribution in [0.1, 0.15) is 36.1 Å². The zero-order valence-corrected chi connectivity index (χ0v) is 14.1. The minimum atomic E-state index is -0.198. The summed E-state index contributed by atoms with van der Waals surface area (Å²) >= 11 is 0. The molecular formula is C20H25FN2O. The molecule has 1 aliphatic heterocycles. The lowest BCUT2D eigenvalue weighted by Gasteiger charge is -2.20. The SMILES string of the molecule is C[C@@H](NCc1ccccc1CN1CC[C@@H](O)C1)c1ccccc1F. The summed E-state index contributed by atoms with van der Waals surface area (Å²) in [5.74, 6) is -0.170. The first-order valence-corrected chi connectivity index (χ1v) is 8.58. The van der Waals surface area contributed by atoms with Gasteiger partial charge in [-0.05, 0) is 30.5 Å². The summed E-state index contributed by atoms with van der Waals surface area (Å²) in [4.78, 5) is 2.28. The average molecular weight is 328 g/mol. The Morgan fingerprint density at radius 2 is 1.88 bits per heavy atom. The number of halogens is 1. The summed E-state index contributed by atoms with van der Waals surface area (Å²) in [5.41, 5.74) is 3.18. The number of aliphatic hydroxyl groups excluding tert-OH is 1. The predicted molar refractivity (Wildman–Crippen MR) is 94.0 cm³/mol. The van der Waals surface area contributed by atoms with E-state index in [-0.39, 0.29) is 18.0 Å². The Hall–Kier alpha value is -1.75. The molecule has 24 heavy (non-hydrogen) atoms. The molecule has 0 saturated carbocycles. The van der Waals surface area contributed by atoms with Crippen molar-refractivity contribution >= 4 is 0 Å². The second-order valence-electron chi connectivity index (χ2n) is 6.57. The molecule has 1 heterocycles. The molecule has 4 heteroatoms. The molecule has 0 spiro atoms. The molecule has 2 aromatic carbocycles. The molecule has 3 nitrogen and oxygen atoms in total. The van der Waals surface area contributed by atoms with Gasteiger partial charge in [-0.15, -0.1) is 0 Å². The van der Waals surface area contributed by atoms with Gasteiger partial charge in [0.15, 0.2) is 0 Å². The van der Waals surface area contributed by atoms with Crippen LogP contribution in [0.15, 0.2) is 48.5 Å². The van der Waals surface area contributed by atoms with E-state index in [2.05, 4.69) is 22.3 Å². The van der Waals surface area contributed by atoms with Gasteiger partial charge in [-0.3, -0.25) is 4.90 Å². The number of hydrogen-bond donors (Lipinski definition) is 2. The van der Waals surface area contributed by atoms with Gasteiger partial charge >= 0.3 is 0 Å². The van der Waals surface area contributed by atoms with Crippen LogP contribution in [0.25, 0.3) is 0 Å². The van der Waals surface area contributed by atoms with Crippen LogP contribution in [0.2, 0.25) is 0 Å². The number of rotatable bonds is 6. The summed E-state index contributed by atoms with van der Waals surface area (Å²) < 4.78 is 13.9. The molecule has 2 aromatic rings. The van der Waals surface area contributed by atoms with Crippen LogP contribution in [0.4, 0.5) is 4.39 Å². The van der Waals surface area contributed by atoms with E-state index in [0.29, 0.717) is 12.1 Å². The molecule has 1 saturated heterocycles. The fraction of sp³-hybridized carbons (Fsp3) is 0.400. The Bertz CT molecular complexity index is 676. The molecule has 1 fully saturated rings. The van der Waals surface area contributed by atoms with E-state index in [4.69, 9.17) is 0 Å². The largest absolute Gasteiger partial charge is 0.392 e. The van der Waals surface area contributed by atoms with E-state index in [9.17, 15) is 9.50 Å². The molecule has 0 radical (unpaired) electrons. The molecule has 0 unspecified atom stereocenters. The lowest BCUT2D eigenvalue weighted by Crippen LogP contribution is -2.24. The van der Waals surface area contributed by atoms with Crippen molar-refractivity contribution in [3.05, 3.63) is 71.0 Å². The van der Waals surface area contributed by atoms with Crippen molar-refractivity contribution in [3.63, 3.8) is 0 Å². The third kappa shape index (κ3) is 4.20. The van der Waals surface area contributed by atoms with Gasteiger partial charge in [0.2, 0.25) is 0 Å². The fourth-order valence-corrected chi connectivity index (χ4v) is 3.28. The first-order chi connectivity index (χ1) is 11.6. The van der Waals surface area contributed by atoms with Gasteiger partial charge in [-0.1, -0.05) is 42.5 Å². The zero-order valence-electron chi connectivity index (χ0n) is 14.1. The van der Waals surface area contributed by atoms with E-state index in [1.54, 1.807) is 6.07 Å². The third-order valence-electron chi connectivity index (χ3n) is 4.73. The van der Waals surface area contributed by atoms with Gasteiger partial charge in [0, 0.05) is 37.8 Å². The minimum Gasteiger partial charge on any atom is -0.392 e. The standard InChI is InChI=1S/C20H25FN2O/c1-15(19-8-4-5-9-20(19)21)22-12-16-6-2-3-7-17(16)13-23-11-10-18(24)14-23/h2-9,15,18,22,24H,10-14H2,1H3/t15-,18-/m1/s1. The Balaban J connectivity index is 1.64. The highest BCUT2D eigenvalue weighted by Crippen LogP contribution is 2.19. The van der Waals surface area contributed by atoms with E-state index in [1.807, 2.05) is 31.2 Å². The van der Waals surface area contributed by atoms with Crippen molar-refractivity contribution < 1.29 is 9.50 Å². The summed E-state index contributed by atoms with van der Waals surface area (Å²) in [6.07, 6.45) is 0.654. The molecule has 1 aliphatic rings. The van der Waals surface area contributed by atoms with Gasteiger partial charge in [0.1, 0.15) is 5.82 Å². The van der Waals surface area contributed by atoms with E-state index in [1.165, 1.54) is 17.2 Å². The predicted octanol–water partition coefficient (Wildman–Crippen LogP) is 3.24. The van der Waals surface area contributed by atoms with Crippen LogP contribution in [0.5, 0.6) is 0 Å². The van der Waals surface area contributed by atoms with Gasteiger partial charge < -0.3 is 10.4 Å². The van der Waals surface area contributed by atoms with E-state index in [0.717, 1.165) is 26.1 Å². The number of β-amino-alcohol motifs (C(OH)–C–C–N with tert-alkyl or cyclic N) is 1. The topological polar surface area (TPSA) is 35.5 Å². The fourth-order valence-electron chi connectivity index (χ4n) is 3.28.